The molecule has 0 radical (unpaired) electrons. The minimum absolute atomic E-state index is 0.281. The zero-order valence-corrected chi connectivity index (χ0v) is 19.8. The molecule has 168 valence electrons. The van der Waals surface area contributed by atoms with Gasteiger partial charge in [-0.3, -0.25) is 4.90 Å². The molecule has 4 rings (SSSR count). The molecule has 7 heteroatoms. The number of carbonyl (C=O) groups excluding carboxylic acids is 1. The average molecular weight is 501 g/mol. The van der Waals surface area contributed by atoms with E-state index >= 15 is 0 Å². The molecule has 3 aromatic rings. The fourth-order valence-corrected chi connectivity index (χ4v) is 4.46. The molecule has 0 aliphatic carbocycles. The Bertz CT molecular complexity index is 1090. The number of nitrogens with zero attached hydrogens (tertiary/aromatic N) is 2. The molecule has 32 heavy (non-hydrogen) atoms. The van der Waals surface area contributed by atoms with Crippen molar-refractivity contribution in [2.75, 3.05) is 32.9 Å². The lowest BCUT2D eigenvalue weighted by Crippen LogP contribution is -2.36. The molecular weight excluding hydrogens is 475 g/mol. The number of hydrogen-bond donors (Lipinski definition) is 0. The van der Waals surface area contributed by atoms with Gasteiger partial charge in [0.15, 0.2) is 0 Å². The molecule has 0 atom stereocenters. The molecule has 5 nitrogen and oxygen atoms in total. The molecule has 2 aromatic carbocycles. The van der Waals surface area contributed by atoms with Crippen LogP contribution in [0.2, 0.25) is 0 Å². The summed E-state index contributed by atoms with van der Waals surface area (Å²) in [6.07, 6.45) is 0. The van der Waals surface area contributed by atoms with Crippen molar-refractivity contribution in [3.8, 4) is 16.8 Å². The van der Waals surface area contributed by atoms with Crippen LogP contribution in [0.25, 0.3) is 16.8 Å². The van der Waals surface area contributed by atoms with E-state index in [0.717, 1.165) is 45.8 Å². The fourth-order valence-electron chi connectivity index (χ4n) is 4.19. The minimum Gasteiger partial charge on any atom is -0.462 e. The van der Waals surface area contributed by atoms with E-state index in [4.69, 9.17) is 9.47 Å². The number of morpholine rings is 1. The Labute approximate surface area is 195 Å². The first kappa shape index (κ1) is 22.7. The molecule has 1 aromatic heterocycles. The van der Waals surface area contributed by atoms with Crippen LogP contribution in [0.15, 0.2) is 53.0 Å². The summed E-state index contributed by atoms with van der Waals surface area (Å²) in [6, 6.07) is 14.3. The summed E-state index contributed by atoms with van der Waals surface area (Å²) in [4.78, 5) is 15.4. The Hall–Kier alpha value is -2.48. The van der Waals surface area contributed by atoms with Gasteiger partial charge in [0.05, 0.1) is 25.4 Å². The molecule has 1 saturated heterocycles. The number of hydrogen-bond acceptors (Lipinski definition) is 4. The lowest BCUT2D eigenvalue weighted by atomic mass is 9.99. The summed E-state index contributed by atoms with van der Waals surface area (Å²) >= 11 is 3.50. The monoisotopic (exact) mass is 500 g/mol. The van der Waals surface area contributed by atoms with Crippen molar-refractivity contribution in [3.05, 3.63) is 75.8 Å². The number of halogens is 2. The quantitative estimate of drug-likeness (QED) is 0.427. The summed E-state index contributed by atoms with van der Waals surface area (Å²) in [5.74, 6) is -0.686. The van der Waals surface area contributed by atoms with Crippen LogP contribution in [-0.2, 0) is 16.0 Å². The Kier molecular flexibility index (Phi) is 7.08. The standard InChI is InChI=1S/C25H26BrFN2O3/c1-3-32-25(30)23-17(2)29(21-10-6-19(26)7-11-21)22(16-28-12-14-31-15-13-28)24(23)18-4-8-20(27)9-5-18/h4-11H,3,12-16H2,1-2H3. The Balaban J connectivity index is 1.96. The second-order valence-corrected chi connectivity index (χ2v) is 8.63. The van der Waals surface area contributed by atoms with E-state index in [1.165, 1.54) is 12.1 Å². The van der Waals surface area contributed by atoms with Gasteiger partial charge in [-0.25, -0.2) is 9.18 Å². The topological polar surface area (TPSA) is 43.7 Å². The van der Waals surface area contributed by atoms with Crippen LogP contribution in [0.3, 0.4) is 0 Å². The van der Waals surface area contributed by atoms with Gasteiger partial charge in [0.25, 0.3) is 0 Å². The van der Waals surface area contributed by atoms with Crippen molar-refractivity contribution < 1.29 is 18.7 Å². The Morgan fingerprint density at radius 3 is 2.38 bits per heavy atom. The van der Waals surface area contributed by atoms with Gasteiger partial charge in [0.2, 0.25) is 0 Å². The van der Waals surface area contributed by atoms with Crippen molar-refractivity contribution >= 4 is 21.9 Å². The molecule has 1 fully saturated rings. The molecular formula is C25H26BrFN2O3. The van der Waals surface area contributed by atoms with Crippen molar-refractivity contribution in [2.24, 2.45) is 0 Å². The van der Waals surface area contributed by atoms with Crippen LogP contribution in [0.4, 0.5) is 4.39 Å². The molecule has 0 N–H and O–H groups in total. The largest absolute Gasteiger partial charge is 0.462 e. The summed E-state index contributed by atoms with van der Waals surface area (Å²) in [5.41, 5.74) is 4.82. The molecule has 2 heterocycles. The highest BCUT2D eigenvalue weighted by molar-refractivity contribution is 9.10. The molecule has 0 saturated carbocycles. The third kappa shape index (κ3) is 4.65. The van der Waals surface area contributed by atoms with Crippen LogP contribution in [-0.4, -0.2) is 48.3 Å². The molecule has 1 aliphatic rings. The van der Waals surface area contributed by atoms with Crippen molar-refractivity contribution in [1.82, 2.24) is 9.47 Å². The summed E-state index contributed by atoms with van der Waals surface area (Å²) < 4.78 is 27.8. The van der Waals surface area contributed by atoms with Gasteiger partial charge in [0.1, 0.15) is 5.82 Å². The number of benzene rings is 2. The Morgan fingerprint density at radius 1 is 1.09 bits per heavy atom. The van der Waals surface area contributed by atoms with Gasteiger partial charge in [-0.2, -0.15) is 0 Å². The van der Waals surface area contributed by atoms with E-state index in [1.54, 1.807) is 19.1 Å². The third-order valence-corrected chi connectivity index (χ3v) is 6.21. The van der Waals surface area contributed by atoms with E-state index in [-0.39, 0.29) is 18.4 Å². The summed E-state index contributed by atoms with van der Waals surface area (Å²) in [6.45, 7) is 7.61. The van der Waals surface area contributed by atoms with Crippen molar-refractivity contribution in [1.29, 1.82) is 0 Å². The van der Waals surface area contributed by atoms with Gasteiger partial charge in [-0.15, -0.1) is 0 Å². The first-order chi connectivity index (χ1) is 15.5. The first-order valence-electron chi connectivity index (χ1n) is 10.7. The lowest BCUT2D eigenvalue weighted by Gasteiger charge is -2.28. The fraction of sp³-hybridized carbons (Fsp3) is 0.320. The van der Waals surface area contributed by atoms with E-state index in [0.29, 0.717) is 25.3 Å². The van der Waals surface area contributed by atoms with Crippen LogP contribution < -0.4 is 0 Å². The van der Waals surface area contributed by atoms with Crippen LogP contribution in [0, 0.1) is 12.7 Å². The highest BCUT2D eigenvalue weighted by atomic mass is 79.9. The molecule has 0 spiro atoms. The lowest BCUT2D eigenvalue weighted by molar-refractivity contribution is 0.0335. The Morgan fingerprint density at radius 2 is 1.75 bits per heavy atom. The van der Waals surface area contributed by atoms with E-state index in [2.05, 4.69) is 25.4 Å². The van der Waals surface area contributed by atoms with Crippen LogP contribution in [0.5, 0.6) is 0 Å². The molecule has 1 aliphatic heterocycles. The molecule has 0 unspecified atom stereocenters. The van der Waals surface area contributed by atoms with E-state index in [1.807, 2.05) is 31.2 Å². The zero-order valence-electron chi connectivity index (χ0n) is 18.2. The molecule has 0 amide bonds. The van der Waals surface area contributed by atoms with E-state index in [9.17, 15) is 9.18 Å². The number of aromatic nitrogens is 1. The maximum atomic E-state index is 13.7. The number of carbonyl (C=O) groups is 1. The maximum Gasteiger partial charge on any atom is 0.340 e. The zero-order chi connectivity index (χ0) is 22.7. The van der Waals surface area contributed by atoms with Crippen LogP contribution >= 0.6 is 15.9 Å². The number of rotatable bonds is 6. The first-order valence-corrected chi connectivity index (χ1v) is 11.5. The molecule has 0 bridgehead atoms. The van der Waals surface area contributed by atoms with Gasteiger partial charge >= 0.3 is 5.97 Å². The smallest absolute Gasteiger partial charge is 0.340 e. The van der Waals surface area contributed by atoms with Crippen LogP contribution in [0.1, 0.15) is 28.7 Å². The highest BCUT2D eigenvalue weighted by Crippen LogP contribution is 2.37. The predicted octanol–water partition coefficient (Wildman–Crippen LogP) is 5.36. The SMILES string of the molecule is CCOC(=O)c1c(-c2ccc(F)cc2)c(CN2CCOCC2)n(-c2ccc(Br)cc2)c1C. The highest BCUT2D eigenvalue weighted by Gasteiger charge is 2.29. The van der Waals surface area contributed by atoms with Gasteiger partial charge in [-0.1, -0.05) is 28.1 Å². The average Bonchev–Trinajstić information content (AvgIpc) is 3.07. The van der Waals surface area contributed by atoms with Gasteiger partial charge in [0, 0.05) is 46.7 Å². The van der Waals surface area contributed by atoms with Crippen molar-refractivity contribution in [2.45, 2.75) is 20.4 Å². The van der Waals surface area contributed by atoms with Gasteiger partial charge < -0.3 is 14.0 Å². The van der Waals surface area contributed by atoms with Crippen molar-refractivity contribution in [3.63, 3.8) is 0 Å². The minimum atomic E-state index is -0.372. The maximum absolute atomic E-state index is 13.7. The van der Waals surface area contributed by atoms with Gasteiger partial charge in [-0.05, 0) is 55.8 Å². The second kappa shape index (κ2) is 9.98. The third-order valence-electron chi connectivity index (χ3n) is 5.68. The second-order valence-electron chi connectivity index (χ2n) is 7.71. The summed E-state index contributed by atoms with van der Waals surface area (Å²) in [5, 5.41) is 0. The predicted molar refractivity (Wildman–Crippen MR) is 126 cm³/mol. The summed E-state index contributed by atoms with van der Waals surface area (Å²) in [7, 11) is 0. The van der Waals surface area contributed by atoms with E-state index < -0.39 is 0 Å². The number of ether oxygens (including phenoxy) is 2. The normalized spacial score (nSPS) is 14.5. The number of esters is 1.